The number of carbonyl (C=O) groups is 2. The number of halogens is 1. The van der Waals surface area contributed by atoms with E-state index < -0.39 is 12.1 Å². The lowest BCUT2D eigenvalue weighted by Gasteiger charge is -2.14. The number of ether oxygens (including phenoxy) is 4. The van der Waals surface area contributed by atoms with Crippen molar-refractivity contribution >= 4 is 29.2 Å². The van der Waals surface area contributed by atoms with Crippen LogP contribution in [0, 0.1) is 0 Å². The number of methoxy groups -OCH3 is 2. The van der Waals surface area contributed by atoms with Crippen molar-refractivity contribution in [3.05, 3.63) is 53.1 Å². The molecule has 150 valence electrons. The van der Waals surface area contributed by atoms with Crippen LogP contribution in [-0.2, 0) is 14.3 Å². The van der Waals surface area contributed by atoms with Gasteiger partial charge in [0, 0.05) is 18.4 Å². The summed E-state index contributed by atoms with van der Waals surface area (Å²) < 4.78 is 20.4. The fourth-order valence-electron chi connectivity index (χ4n) is 2.23. The van der Waals surface area contributed by atoms with E-state index in [0.717, 1.165) is 0 Å². The molecule has 0 aliphatic rings. The standard InChI is InChI=1S/C20H22ClNO6/c1-13(20(24)27-11-10-25-2)28-16-7-4-14(5-8-16)19(23)22-15-6-9-18(26-3)17(21)12-15/h4-9,12-13H,10-11H2,1-3H3,(H,22,23)/t13-/m1/s1. The van der Waals surface area contributed by atoms with Gasteiger partial charge >= 0.3 is 5.97 Å². The van der Waals surface area contributed by atoms with Crippen molar-refractivity contribution in [3.63, 3.8) is 0 Å². The lowest BCUT2D eigenvalue weighted by Crippen LogP contribution is -2.27. The van der Waals surface area contributed by atoms with Crippen LogP contribution in [0.5, 0.6) is 11.5 Å². The summed E-state index contributed by atoms with van der Waals surface area (Å²) in [7, 11) is 3.04. The number of rotatable bonds is 9. The van der Waals surface area contributed by atoms with Crippen LogP contribution >= 0.6 is 11.6 Å². The molecule has 0 unspecified atom stereocenters. The second-order valence-corrected chi connectivity index (χ2v) is 6.16. The summed E-state index contributed by atoms with van der Waals surface area (Å²) in [6, 6.07) is 11.4. The molecule has 0 radical (unpaired) electrons. The highest BCUT2D eigenvalue weighted by atomic mass is 35.5. The van der Waals surface area contributed by atoms with Crippen molar-refractivity contribution in [1.82, 2.24) is 0 Å². The first-order valence-corrected chi connectivity index (χ1v) is 8.89. The zero-order valence-corrected chi connectivity index (χ0v) is 16.6. The van der Waals surface area contributed by atoms with Gasteiger partial charge in [0.1, 0.15) is 18.1 Å². The summed E-state index contributed by atoms with van der Waals surface area (Å²) in [5.74, 6) is 0.173. The molecule has 0 spiro atoms. The summed E-state index contributed by atoms with van der Waals surface area (Å²) in [5, 5.41) is 3.15. The van der Waals surface area contributed by atoms with Gasteiger partial charge in [0.05, 0.1) is 18.7 Å². The van der Waals surface area contributed by atoms with Crippen molar-refractivity contribution in [2.45, 2.75) is 13.0 Å². The van der Waals surface area contributed by atoms with Crippen LogP contribution in [0.3, 0.4) is 0 Å². The van der Waals surface area contributed by atoms with E-state index in [1.165, 1.54) is 14.2 Å². The molecular weight excluding hydrogens is 386 g/mol. The first-order chi connectivity index (χ1) is 13.4. The zero-order chi connectivity index (χ0) is 20.5. The van der Waals surface area contributed by atoms with Crippen LogP contribution in [0.1, 0.15) is 17.3 Å². The van der Waals surface area contributed by atoms with Crippen molar-refractivity contribution < 1.29 is 28.5 Å². The molecule has 0 aliphatic carbocycles. The van der Waals surface area contributed by atoms with Crippen LogP contribution < -0.4 is 14.8 Å². The molecule has 2 aromatic carbocycles. The maximum Gasteiger partial charge on any atom is 0.347 e. The van der Waals surface area contributed by atoms with Crippen LogP contribution in [-0.4, -0.2) is 45.4 Å². The number of amides is 1. The Kier molecular flexibility index (Phi) is 8.10. The number of carbonyl (C=O) groups excluding carboxylic acids is 2. The molecule has 1 N–H and O–H groups in total. The van der Waals surface area contributed by atoms with Gasteiger partial charge in [-0.25, -0.2) is 4.79 Å². The molecule has 2 aromatic rings. The lowest BCUT2D eigenvalue weighted by molar-refractivity contribution is -0.152. The smallest absolute Gasteiger partial charge is 0.347 e. The number of hydrogen-bond acceptors (Lipinski definition) is 6. The molecule has 0 aromatic heterocycles. The van der Waals surface area contributed by atoms with Crippen LogP contribution in [0.2, 0.25) is 5.02 Å². The molecular formula is C20H22ClNO6. The Morgan fingerprint density at radius 3 is 2.39 bits per heavy atom. The van der Waals surface area contributed by atoms with Gasteiger partial charge in [-0.1, -0.05) is 11.6 Å². The van der Waals surface area contributed by atoms with E-state index in [0.29, 0.717) is 34.4 Å². The van der Waals surface area contributed by atoms with E-state index in [9.17, 15) is 9.59 Å². The summed E-state index contributed by atoms with van der Waals surface area (Å²) >= 11 is 6.06. The predicted molar refractivity (Wildman–Crippen MR) is 105 cm³/mol. The van der Waals surface area contributed by atoms with E-state index >= 15 is 0 Å². The van der Waals surface area contributed by atoms with Crippen molar-refractivity contribution in [2.75, 3.05) is 32.8 Å². The highest BCUT2D eigenvalue weighted by Gasteiger charge is 2.16. The summed E-state index contributed by atoms with van der Waals surface area (Å²) in [5.41, 5.74) is 0.971. The van der Waals surface area contributed by atoms with Crippen molar-refractivity contribution in [2.24, 2.45) is 0 Å². The van der Waals surface area contributed by atoms with E-state index in [-0.39, 0.29) is 12.5 Å². The maximum absolute atomic E-state index is 12.4. The molecule has 1 atom stereocenters. The number of anilines is 1. The van der Waals surface area contributed by atoms with Crippen molar-refractivity contribution in [1.29, 1.82) is 0 Å². The van der Waals surface area contributed by atoms with Gasteiger partial charge in [0.15, 0.2) is 6.10 Å². The fourth-order valence-corrected chi connectivity index (χ4v) is 2.49. The SMILES string of the molecule is COCCOC(=O)[C@@H](C)Oc1ccc(C(=O)Nc2ccc(OC)c(Cl)c2)cc1. The second-order valence-electron chi connectivity index (χ2n) is 5.75. The maximum atomic E-state index is 12.4. The Labute approximate surface area is 168 Å². The Morgan fingerprint density at radius 1 is 1.07 bits per heavy atom. The molecule has 0 aliphatic heterocycles. The van der Waals surface area contributed by atoms with E-state index in [4.69, 9.17) is 30.5 Å². The normalized spacial score (nSPS) is 11.4. The van der Waals surface area contributed by atoms with Crippen LogP contribution in [0.25, 0.3) is 0 Å². The Hall–Kier alpha value is -2.77. The van der Waals surface area contributed by atoms with Gasteiger partial charge in [0.2, 0.25) is 0 Å². The third-order valence-corrected chi connectivity index (χ3v) is 4.00. The number of nitrogens with one attached hydrogen (secondary N) is 1. The average Bonchev–Trinajstić information content (AvgIpc) is 2.68. The lowest BCUT2D eigenvalue weighted by atomic mass is 10.2. The quantitative estimate of drug-likeness (QED) is 0.505. The van der Waals surface area contributed by atoms with Gasteiger partial charge in [-0.2, -0.15) is 0 Å². The molecule has 8 heteroatoms. The van der Waals surface area contributed by atoms with Gasteiger partial charge in [-0.3, -0.25) is 4.79 Å². The third-order valence-electron chi connectivity index (χ3n) is 3.70. The Balaban J connectivity index is 1.93. The molecule has 28 heavy (non-hydrogen) atoms. The third kappa shape index (κ3) is 6.14. The van der Waals surface area contributed by atoms with Gasteiger partial charge in [-0.05, 0) is 49.4 Å². The van der Waals surface area contributed by atoms with Gasteiger partial charge in [0.25, 0.3) is 5.91 Å². The minimum atomic E-state index is -0.780. The fraction of sp³-hybridized carbons (Fsp3) is 0.300. The largest absolute Gasteiger partial charge is 0.495 e. The monoisotopic (exact) mass is 407 g/mol. The predicted octanol–water partition coefficient (Wildman–Crippen LogP) is 3.56. The van der Waals surface area contributed by atoms with E-state index in [1.807, 2.05) is 0 Å². The van der Waals surface area contributed by atoms with Crippen LogP contribution in [0.15, 0.2) is 42.5 Å². The number of benzene rings is 2. The minimum absolute atomic E-state index is 0.164. The zero-order valence-electron chi connectivity index (χ0n) is 15.9. The van der Waals surface area contributed by atoms with Gasteiger partial charge in [-0.15, -0.1) is 0 Å². The van der Waals surface area contributed by atoms with Crippen molar-refractivity contribution in [3.8, 4) is 11.5 Å². The Morgan fingerprint density at radius 2 is 1.79 bits per heavy atom. The summed E-state index contributed by atoms with van der Waals surface area (Å²) in [4.78, 5) is 24.1. The molecule has 7 nitrogen and oxygen atoms in total. The Bertz CT molecular complexity index is 809. The highest BCUT2D eigenvalue weighted by Crippen LogP contribution is 2.27. The van der Waals surface area contributed by atoms with Crippen LogP contribution in [0.4, 0.5) is 5.69 Å². The average molecular weight is 408 g/mol. The molecule has 1 amide bonds. The topological polar surface area (TPSA) is 83.1 Å². The first-order valence-electron chi connectivity index (χ1n) is 8.51. The number of hydrogen-bond donors (Lipinski definition) is 1. The summed E-state index contributed by atoms with van der Waals surface area (Å²) in [6.45, 7) is 2.07. The van der Waals surface area contributed by atoms with Gasteiger partial charge < -0.3 is 24.3 Å². The molecule has 2 rings (SSSR count). The molecule has 0 heterocycles. The van der Waals surface area contributed by atoms with E-state index in [2.05, 4.69) is 5.32 Å². The van der Waals surface area contributed by atoms with E-state index in [1.54, 1.807) is 49.4 Å². The molecule has 0 saturated carbocycles. The molecule has 0 saturated heterocycles. The second kappa shape index (κ2) is 10.5. The minimum Gasteiger partial charge on any atom is -0.495 e. The molecule has 0 bridgehead atoms. The highest BCUT2D eigenvalue weighted by molar-refractivity contribution is 6.32. The molecule has 0 fully saturated rings. The number of esters is 1. The summed E-state index contributed by atoms with van der Waals surface area (Å²) in [6.07, 6.45) is -0.780. The first kappa shape index (κ1) is 21.5.